The van der Waals surface area contributed by atoms with Gasteiger partial charge in [0, 0.05) is 36.9 Å². The Balaban J connectivity index is 2.02. The average molecular weight is 227 g/mol. The minimum atomic E-state index is 0.277. The van der Waals surface area contributed by atoms with Gasteiger partial charge in [0.25, 0.3) is 0 Å². The molecule has 0 fully saturated rings. The molecule has 17 heavy (non-hydrogen) atoms. The Bertz CT molecular complexity index is 398. The van der Waals surface area contributed by atoms with Gasteiger partial charge >= 0.3 is 0 Å². The fourth-order valence-corrected chi connectivity index (χ4v) is 1.83. The lowest BCUT2D eigenvalue weighted by Gasteiger charge is -2.20. The summed E-state index contributed by atoms with van der Waals surface area (Å²) in [4.78, 5) is 8.27. The number of pyridine rings is 2. The van der Waals surface area contributed by atoms with Crippen LogP contribution in [0.2, 0.25) is 0 Å². The maximum absolute atomic E-state index is 4.13. The number of nitrogens with one attached hydrogen (secondary N) is 1. The summed E-state index contributed by atoms with van der Waals surface area (Å²) in [6.07, 6.45) is 7.38. The van der Waals surface area contributed by atoms with Crippen molar-refractivity contribution in [3.63, 3.8) is 0 Å². The molecule has 2 rings (SSSR count). The van der Waals surface area contributed by atoms with Crippen LogP contribution in [-0.2, 0) is 0 Å². The van der Waals surface area contributed by atoms with Gasteiger partial charge in [-0.2, -0.15) is 0 Å². The smallest absolute Gasteiger partial charge is 0.0315 e. The van der Waals surface area contributed by atoms with Gasteiger partial charge < -0.3 is 5.32 Å². The van der Waals surface area contributed by atoms with Gasteiger partial charge in [0.05, 0.1) is 0 Å². The standard InChI is InChI=1S/C14H17N3/c1-11(13-5-3-7-15-9-13)17-12(2)14-6-4-8-16-10-14/h3-12,17H,1-2H3/t11-,12?/m0/s1. The first-order valence-electron chi connectivity index (χ1n) is 5.83. The molecule has 0 radical (unpaired) electrons. The highest BCUT2D eigenvalue weighted by molar-refractivity contribution is 5.16. The lowest BCUT2D eigenvalue weighted by molar-refractivity contribution is 0.493. The second kappa shape index (κ2) is 5.55. The first-order chi connectivity index (χ1) is 8.27. The van der Waals surface area contributed by atoms with Crippen LogP contribution in [-0.4, -0.2) is 9.97 Å². The third kappa shape index (κ3) is 3.11. The highest BCUT2D eigenvalue weighted by Crippen LogP contribution is 2.17. The largest absolute Gasteiger partial charge is 0.304 e. The van der Waals surface area contributed by atoms with Crippen molar-refractivity contribution in [3.05, 3.63) is 60.2 Å². The maximum Gasteiger partial charge on any atom is 0.0315 e. The quantitative estimate of drug-likeness (QED) is 0.872. The predicted molar refractivity (Wildman–Crippen MR) is 68.4 cm³/mol. The number of hydrogen-bond donors (Lipinski definition) is 1. The molecular formula is C14H17N3. The Morgan fingerprint density at radius 1 is 0.882 bits per heavy atom. The van der Waals surface area contributed by atoms with Crippen LogP contribution in [0.4, 0.5) is 0 Å². The first kappa shape index (κ1) is 11.7. The summed E-state index contributed by atoms with van der Waals surface area (Å²) in [6, 6.07) is 8.64. The van der Waals surface area contributed by atoms with E-state index in [2.05, 4.69) is 41.3 Å². The van der Waals surface area contributed by atoms with Crippen LogP contribution in [0.15, 0.2) is 49.1 Å². The molecule has 0 aliphatic heterocycles. The first-order valence-corrected chi connectivity index (χ1v) is 5.83. The molecule has 3 heteroatoms. The van der Waals surface area contributed by atoms with Gasteiger partial charge in [-0.1, -0.05) is 12.1 Å². The second-order valence-corrected chi connectivity index (χ2v) is 4.18. The van der Waals surface area contributed by atoms with Crippen molar-refractivity contribution in [1.29, 1.82) is 0 Å². The van der Waals surface area contributed by atoms with Crippen molar-refractivity contribution in [2.24, 2.45) is 0 Å². The zero-order chi connectivity index (χ0) is 12.1. The molecule has 88 valence electrons. The van der Waals surface area contributed by atoms with E-state index in [1.807, 2.05) is 24.5 Å². The molecule has 0 bridgehead atoms. The van der Waals surface area contributed by atoms with Crippen LogP contribution >= 0.6 is 0 Å². The SMILES string of the molecule is CC(N[C@@H](C)c1cccnc1)c1cccnc1. The highest BCUT2D eigenvalue weighted by Gasteiger charge is 2.10. The Labute approximate surface area is 102 Å². The van der Waals surface area contributed by atoms with Gasteiger partial charge in [0.15, 0.2) is 0 Å². The summed E-state index contributed by atoms with van der Waals surface area (Å²) in [7, 11) is 0. The van der Waals surface area contributed by atoms with Crippen molar-refractivity contribution in [2.45, 2.75) is 25.9 Å². The molecule has 0 aliphatic rings. The van der Waals surface area contributed by atoms with Crippen molar-refractivity contribution < 1.29 is 0 Å². The zero-order valence-corrected chi connectivity index (χ0v) is 10.2. The van der Waals surface area contributed by atoms with E-state index in [0.717, 1.165) is 0 Å². The molecule has 2 heterocycles. The van der Waals surface area contributed by atoms with Gasteiger partial charge in [0.1, 0.15) is 0 Å². The third-order valence-corrected chi connectivity index (χ3v) is 2.87. The Kier molecular flexibility index (Phi) is 3.83. The summed E-state index contributed by atoms with van der Waals surface area (Å²) in [6.45, 7) is 4.29. The summed E-state index contributed by atoms with van der Waals surface area (Å²) >= 11 is 0. The van der Waals surface area contributed by atoms with Crippen LogP contribution in [0.25, 0.3) is 0 Å². The van der Waals surface area contributed by atoms with Crippen LogP contribution in [0, 0.1) is 0 Å². The normalized spacial score (nSPS) is 14.2. The van der Waals surface area contributed by atoms with Crippen molar-refractivity contribution >= 4 is 0 Å². The van der Waals surface area contributed by atoms with E-state index in [1.165, 1.54) is 11.1 Å². The van der Waals surface area contributed by atoms with Crippen LogP contribution in [0.3, 0.4) is 0 Å². The maximum atomic E-state index is 4.13. The van der Waals surface area contributed by atoms with Crippen LogP contribution in [0.5, 0.6) is 0 Å². The number of nitrogens with zero attached hydrogens (tertiary/aromatic N) is 2. The zero-order valence-electron chi connectivity index (χ0n) is 10.2. The summed E-state index contributed by atoms with van der Waals surface area (Å²) in [5.74, 6) is 0. The fraction of sp³-hybridized carbons (Fsp3) is 0.286. The summed E-state index contributed by atoms with van der Waals surface area (Å²) < 4.78 is 0. The van der Waals surface area contributed by atoms with E-state index in [-0.39, 0.29) is 12.1 Å². The number of rotatable bonds is 4. The van der Waals surface area contributed by atoms with Crippen molar-refractivity contribution in [2.75, 3.05) is 0 Å². The molecule has 2 aromatic rings. The van der Waals surface area contributed by atoms with E-state index >= 15 is 0 Å². The van der Waals surface area contributed by atoms with E-state index in [0.29, 0.717) is 0 Å². The minimum absolute atomic E-state index is 0.277. The number of hydrogen-bond acceptors (Lipinski definition) is 3. The number of aromatic nitrogens is 2. The topological polar surface area (TPSA) is 37.8 Å². The molecule has 3 nitrogen and oxygen atoms in total. The summed E-state index contributed by atoms with van der Waals surface area (Å²) in [5.41, 5.74) is 2.39. The lowest BCUT2D eigenvalue weighted by atomic mass is 10.1. The van der Waals surface area contributed by atoms with Gasteiger partial charge in [-0.25, -0.2) is 0 Å². The lowest BCUT2D eigenvalue weighted by Crippen LogP contribution is -2.22. The van der Waals surface area contributed by atoms with E-state index < -0.39 is 0 Å². The molecule has 0 aliphatic carbocycles. The Hall–Kier alpha value is -1.74. The molecule has 0 aromatic carbocycles. The van der Waals surface area contributed by atoms with E-state index in [9.17, 15) is 0 Å². The molecule has 0 amide bonds. The van der Waals surface area contributed by atoms with Gasteiger partial charge in [0.2, 0.25) is 0 Å². The van der Waals surface area contributed by atoms with E-state index in [4.69, 9.17) is 0 Å². The van der Waals surface area contributed by atoms with Crippen LogP contribution in [0.1, 0.15) is 37.1 Å². The van der Waals surface area contributed by atoms with Gasteiger partial charge in [-0.15, -0.1) is 0 Å². The Morgan fingerprint density at radius 2 is 1.35 bits per heavy atom. The monoisotopic (exact) mass is 227 g/mol. The fourth-order valence-electron chi connectivity index (χ4n) is 1.83. The third-order valence-electron chi connectivity index (χ3n) is 2.87. The molecule has 2 atom stereocenters. The molecule has 2 aromatic heterocycles. The average Bonchev–Trinajstić information content (AvgIpc) is 2.40. The molecule has 1 N–H and O–H groups in total. The summed E-state index contributed by atoms with van der Waals surface area (Å²) in [5, 5.41) is 3.53. The van der Waals surface area contributed by atoms with E-state index in [1.54, 1.807) is 12.4 Å². The van der Waals surface area contributed by atoms with Crippen molar-refractivity contribution in [1.82, 2.24) is 15.3 Å². The molecular weight excluding hydrogens is 210 g/mol. The predicted octanol–water partition coefficient (Wildman–Crippen LogP) is 2.89. The van der Waals surface area contributed by atoms with Gasteiger partial charge in [-0.05, 0) is 37.1 Å². The Morgan fingerprint density at radius 3 is 1.71 bits per heavy atom. The molecule has 1 unspecified atom stereocenters. The molecule has 0 saturated heterocycles. The molecule has 0 saturated carbocycles. The highest BCUT2D eigenvalue weighted by atomic mass is 14.9. The van der Waals surface area contributed by atoms with Crippen LogP contribution < -0.4 is 5.32 Å². The minimum Gasteiger partial charge on any atom is -0.304 e. The molecule has 0 spiro atoms. The van der Waals surface area contributed by atoms with Gasteiger partial charge in [-0.3, -0.25) is 9.97 Å². The van der Waals surface area contributed by atoms with Crippen molar-refractivity contribution in [3.8, 4) is 0 Å². The second-order valence-electron chi connectivity index (χ2n) is 4.18.